The van der Waals surface area contributed by atoms with Crippen molar-refractivity contribution < 1.29 is 24.2 Å². The van der Waals surface area contributed by atoms with E-state index in [9.17, 15) is 19.5 Å². The zero-order valence-corrected chi connectivity index (χ0v) is 19.1. The Morgan fingerprint density at radius 1 is 0.912 bits per heavy atom. The van der Waals surface area contributed by atoms with Crippen molar-refractivity contribution in [3.05, 3.63) is 59.7 Å². The number of carboxylic acid groups (broad SMARTS) is 1. The summed E-state index contributed by atoms with van der Waals surface area (Å²) in [5.74, 6) is -0.580. The van der Waals surface area contributed by atoms with E-state index in [0.717, 1.165) is 47.9 Å². The predicted molar refractivity (Wildman–Crippen MR) is 126 cm³/mol. The molecule has 0 bridgehead atoms. The molecule has 178 valence electrons. The standard InChI is InChI=1S/C27H30N2O5/c30-25(31)13-24(26(32)29(14-17-9-10-17)15-18-11-12-18)28-27(33)34-16-23-21-7-3-1-5-19(21)20-6-2-4-8-22(20)23/h1-8,17-18,23-24H,9-16H2,(H,28,33)(H,30,31). The number of nitrogens with one attached hydrogen (secondary N) is 1. The van der Waals surface area contributed by atoms with E-state index in [-0.39, 0.29) is 18.4 Å². The number of aliphatic carboxylic acids is 1. The Morgan fingerprint density at radius 3 is 1.94 bits per heavy atom. The molecule has 7 nitrogen and oxygen atoms in total. The minimum Gasteiger partial charge on any atom is -0.481 e. The van der Waals surface area contributed by atoms with Crippen LogP contribution in [0.3, 0.4) is 0 Å². The highest BCUT2D eigenvalue weighted by Crippen LogP contribution is 2.44. The quantitative estimate of drug-likeness (QED) is 0.556. The Hall–Kier alpha value is -3.35. The zero-order valence-electron chi connectivity index (χ0n) is 19.1. The van der Waals surface area contributed by atoms with Crippen LogP contribution >= 0.6 is 0 Å². The molecular weight excluding hydrogens is 432 g/mol. The van der Waals surface area contributed by atoms with Gasteiger partial charge in [-0.05, 0) is 59.8 Å². The molecule has 0 heterocycles. The van der Waals surface area contributed by atoms with Crippen molar-refractivity contribution in [3.8, 4) is 11.1 Å². The normalized spacial score (nSPS) is 17.4. The van der Waals surface area contributed by atoms with Crippen LogP contribution in [0.25, 0.3) is 11.1 Å². The molecule has 2 aromatic rings. The SMILES string of the molecule is O=C(O)CC(NC(=O)OCC1c2ccccc2-c2ccccc21)C(=O)N(CC1CC1)CC1CC1. The summed E-state index contributed by atoms with van der Waals surface area (Å²) in [6.45, 7) is 1.39. The summed E-state index contributed by atoms with van der Waals surface area (Å²) in [6, 6.07) is 15.0. The first-order valence-corrected chi connectivity index (χ1v) is 12.1. The summed E-state index contributed by atoms with van der Waals surface area (Å²) in [7, 11) is 0. The van der Waals surface area contributed by atoms with Gasteiger partial charge in [-0.1, -0.05) is 48.5 Å². The van der Waals surface area contributed by atoms with Gasteiger partial charge in [0, 0.05) is 19.0 Å². The van der Waals surface area contributed by atoms with Crippen molar-refractivity contribution >= 4 is 18.0 Å². The van der Waals surface area contributed by atoms with Crippen LogP contribution in [0.2, 0.25) is 0 Å². The monoisotopic (exact) mass is 462 g/mol. The van der Waals surface area contributed by atoms with E-state index >= 15 is 0 Å². The number of nitrogens with zero attached hydrogens (tertiary/aromatic N) is 1. The smallest absolute Gasteiger partial charge is 0.407 e. The molecule has 2 N–H and O–H groups in total. The van der Waals surface area contributed by atoms with Gasteiger partial charge in [-0.15, -0.1) is 0 Å². The molecule has 0 radical (unpaired) electrons. The third-order valence-electron chi connectivity index (χ3n) is 6.98. The second-order valence-corrected chi connectivity index (χ2v) is 9.75. The first kappa shape index (κ1) is 22.4. The van der Waals surface area contributed by atoms with Crippen LogP contribution in [0.4, 0.5) is 4.79 Å². The van der Waals surface area contributed by atoms with E-state index < -0.39 is 24.5 Å². The van der Waals surface area contributed by atoms with Crippen LogP contribution < -0.4 is 5.32 Å². The number of hydrogen-bond acceptors (Lipinski definition) is 4. The second-order valence-electron chi connectivity index (χ2n) is 9.75. The maximum atomic E-state index is 13.2. The maximum absolute atomic E-state index is 13.2. The van der Waals surface area contributed by atoms with Crippen LogP contribution in [0.5, 0.6) is 0 Å². The van der Waals surface area contributed by atoms with Crippen molar-refractivity contribution in [2.24, 2.45) is 11.8 Å². The van der Waals surface area contributed by atoms with Crippen molar-refractivity contribution in [2.75, 3.05) is 19.7 Å². The van der Waals surface area contributed by atoms with Crippen molar-refractivity contribution in [1.29, 1.82) is 0 Å². The van der Waals surface area contributed by atoms with Crippen LogP contribution in [-0.2, 0) is 14.3 Å². The third kappa shape index (κ3) is 5.08. The van der Waals surface area contributed by atoms with Crippen LogP contribution in [0, 0.1) is 11.8 Å². The largest absolute Gasteiger partial charge is 0.481 e. The predicted octanol–water partition coefficient (Wildman–Crippen LogP) is 4.02. The molecule has 2 amide bonds. The van der Waals surface area contributed by atoms with Gasteiger partial charge in [0.2, 0.25) is 5.91 Å². The fraction of sp³-hybridized carbons (Fsp3) is 0.444. The molecule has 2 fully saturated rings. The van der Waals surface area contributed by atoms with Crippen LogP contribution in [-0.4, -0.2) is 53.7 Å². The third-order valence-corrected chi connectivity index (χ3v) is 6.98. The van der Waals surface area contributed by atoms with E-state index in [2.05, 4.69) is 17.4 Å². The summed E-state index contributed by atoms with van der Waals surface area (Å²) in [5.41, 5.74) is 4.44. The number of fused-ring (bicyclic) bond motifs is 3. The topological polar surface area (TPSA) is 95.9 Å². The van der Waals surface area contributed by atoms with Crippen LogP contribution in [0.15, 0.2) is 48.5 Å². The highest BCUT2D eigenvalue weighted by molar-refractivity contribution is 5.89. The molecule has 0 saturated heterocycles. The molecule has 0 spiro atoms. The van der Waals surface area contributed by atoms with Gasteiger partial charge in [0.1, 0.15) is 12.6 Å². The fourth-order valence-electron chi connectivity index (χ4n) is 4.86. The zero-order chi connectivity index (χ0) is 23.7. The van der Waals surface area contributed by atoms with Crippen molar-refractivity contribution in [1.82, 2.24) is 10.2 Å². The van der Waals surface area contributed by atoms with Gasteiger partial charge in [0.15, 0.2) is 0 Å². The van der Waals surface area contributed by atoms with Gasteiger partial charge >= 0.3 is 12.1 Å². The lowest BCUT2D eigenvalue weighted by Crippen LogP contribution is -2.50. The lowest BCUT2D eigenvalue weighted by atomic mass is 9.98. The molecule has 5 rings (SSSR count). The summed E-state index contributed by atoms with van der Waals surface area (Å²) < 4.78 is 5.55. The number of carbonyl (C=O) groups is 3. The lowest BCUT2D eigenvalue weighted by Gasteiger charge is -2.27. The van der Waals surface area contributed by atoms with E-state index in [1.54, 1.807) is 4.90 Å². The van der Waals surface area contributed by atoms with Gasteiger partial charge in [-0.2, -0.15) is 0 Å². The van der Waals surface area contributed by atoms with Gasteiger partial charge in [0.25, 0.3) is 0 Å². The number of hydrogen-bond donors (Lipinski definition) is 2. The summed E-state index contributed by atoms with van der Waals surface area (Å²) in [6.07, 6.45) is 3.15. The van der Waals surface area contributed by atoms with Gasteiger partial charge < -0.3 is 20.1 Å². The molecule has 0 aromatic heterocycles. The average molecular weight is 463 g/mol. The fourth-order valence-corrected chi connectivity index (χ4v) is 4.86. The summed E-state index contributed by atoms with van der Waals surface area (Å²) >= 11 is 0. The Labute approximate surface area is 199 Å². The molecule has 3 aliphatic carbocycles. The van der Waals surface area contributed by atoms with Gasteiger partial charge in [-0.25, -0.2) is 4.79 Å². The Bertz CT molecular complexity index is 1030. The highest BCUT2D eigenvalue weighted by Gasteiger charge is 2.36. The highest BCUT2D eigenvalue weighted by atomic mass is 16.5. The first-order chi connectivity index (χ1) is 16.5. The number of carbonyl (C=O) groups excluding carboxylic acids is 2. The summed E-state index contributed by atoms with van der Waals surface area (Å²) in [5, 5.41) is 11.9. The molecular formula is C27H30N2O5. The molecule has 1 atom stereocenters. The Kier molecular flexibility index (Phi) is 6.26. The Morgan fingerprint density at radius 2 is 1.44 bits per heavy atom. The van der Waals surface area contributed by atoms with Gasteiger partial charge in [0.05, 0.1) is 6.42 Å². The minimum atomic E-state index is -1.13. The van der Waals surface area contributed by atoms with E-state index in [0.29, 0.717) is 24.9 Å². The van der Waals surface area contributed by atoms with Crippen molar-refractivity contribution in [3.63, 3.8) is 0 Å². The first-order valence-electron chi connectivity index (χ1n) is 12.1. The van der Waals surface area contributed by atoms with Gasteiger partial charge in [-0.3, -0.25) is 9.59 Å². The van der Waals surface area contributed by atoms with E-state index in [1.807, 2.05) is 36.4 Å². The van der Waals surface area contributed by atoms with E-state index in [1.165, 1.54) is 0 Å². The molecule has 1 unspecified atom stereocenters. The number of ether oxygens (including phenoxy) is 1. The number of rotatable bonds is 10. The number of amides is 2. The molecule has 2 saturated carbocycles. The average Bonchev–Trinajstić information content (AvgIpc) is 3.76. The van der Waals surface area contributed by atoms with Crippen LogP contribution in [0.1, 0.15) is 49.1 Å². The minimum absolute atomic E-state index is 0.104. The molecule has 0 aliphatic heterocycles. The summed E-state index contributed by atoms with van der Waals surface area (Å²) in [4.78, 5) is 39.2. The number of carboxylic acids is 1. The lowest BCUT2D eigenvalue weighted by molar-refractivity contribution is -0.142. The number of benzene rings is 2. The molecule has 2 aromatic carbocycles. The number of alkyl carbamates (subject to hydrolysis) is 1. The van der Waals surface area contributed by atoms with E-state index in [4.69, 9.17) is 4.74 Å². The molecule has 3 aliphatic rings. The second kappa shape index (κ2) is 9.49. The van der Waals surface area contributed by atoms with Crippen molar-refractivity contribution in [2.45, 2.75) is 44.1 Å². The molecule has 7 heteroatoms. The molecule has 34 heavy (non-hydrogen) atoms. The maximum Gasteiger partial charge on any atom is 0.407 e. The Balaban J connectivity index is 1.25.